The number of hydrogen-bond donors (Lipinski definition) is 1. The Hall–Kier alpha value is -3.94. The first-order valence-electron chi connectivity index (χ1n) is 10.7. The van der Waals surface area contributed by atoms with Crippen LogP contribution in [0.15, 0.2) is 54.7 Å². The summed E-state index contributed by atoms with van der Waals surface area (Å²) in [5, 5.41) is 0. The molecule has 0 aliphatic carbocycles. The highest BCUT2D eigenvalue weighted by atomic mass is 16.2. The third-order valence-corrected chi connectivity index (χ3v) is 5.90. The van der Waals surface area contributed by atoms with E-state index in [2.05, 4.69) is 41.1 Å². The fraction of sp³-hybridized carbons (Fsp3) is 0.250. The molecule has 32 heavy (non-hydrogen) atoms. The van der Waals surface area contributed by atoms with Gasteiger partial charge in [-0.3, -0.25) is 9.36 Å². The molecular weight excluding hydrogens is 402 g/mol. The molecule has 8 heteroatoms. The van der Waals surface area contributed by atoms with E-state index in [-0.39, 0.29) is 5.91 Å². The Labute approximate surface area is 186 Å². The number of carbonyl (C=O) groups excluding carboxylic acids is 1. The zero-order valence-electron chi connectivity index (χ0n) is 18.2. The number of nitrogens with zero attached hydrogens (tertiary/aromatic N) is 6. The van der Waals surface area contributed by atoms with Gasteiger partial charge in [-0.15, -0.1) is 0 Å². The molecule has 1 aliphatic heterocycles. The van der Waals surface area contributed by atoms with Gasteiger partial charge in [0.25, 0.3) is 0 Å². The highest BCUT2D eigenvalue weighted by Gasteiger charge is 2.23. The van der Waals surface area contributed by atoms with E-state index >= 15 is 0 Å². The van der Waals surface area contributed by atoms with E-state index in [9.17, 15) is 4.79 Å². The number of hydrogen-bond acceptors (Lipinski definition) is 6. The van der Waals surface area contributed by atoms with Gasteiger partial charge in [-0.2, -0.15) is 0 Å². The number of fused-ring (bicyclic) bond motifs is 1. The predicted octanol–water partition coefficient (Wildman–Crippen LogP) is 3.25. The highest BCUT2D eigenvalue weighted by Crippen LogP contribution is 2.31. The summed E-state index contributed by atoms with van der Waals surface area (Å²) in [5.74, 6) is 2.09. The predicted molar refractivity (Wildman–Crippen MR) is 125 cm³/mol. The number of benzene rings is 1. The van der Waals surface area contributed by atoms with Gasteiger partial charge >= 0.3 is 0 Å². The second-order valence-corrected chi connectivity index (χ2v) is 7.99. The molecule has 0 atom stereocenters. The number of aryl methyl sites for hydroxylation is 1. The average Bonchev–Trinajstić information content (AvgIpc) is 3.19. The van der Waals surface area contributed by atoms with Gasteiger partial charge < -0.3 is 15.5 Å². The maximum atomic E-state index is 11.9. The van der Waals surface area contributed by atoms with E-state index in [0.717, 1.165) is 34.7 Å². The van der Waals surface area contributed by atoms with E-state index in [1.54, 1.807) is 11.1 Å². The first kappa shape index (κ1) is 20.0. The van der Waals surface area contributed by atoms with Crippen LogP contribution in [0.25, 0.3) is 28.2 Å². The molecule has 1 saturated heterocycles. The Morgan fingerprint density at radius 3 is 2.59 bits per heavy atom. The van der Waals surface area contributed by atoms with Crippen LogP contribution in [0.2, 0.25) is 0 Å². The van der Waals surface area contributed by atoms with Crippen molar-refractivity contribution in [1.29, 1.82) is 0 Å². The first-order chi connectivity index (χ1) is 15.5. The lowest BCUT2D eigenvalue weighted by Crippen LogP contribution is -2.46. The molecule has 0 bridgehead atoms. The number of nitrogen functional groups attached to an aromatic ring is 1. The van der Waals surface area contributed by atoms with Gasteiger partial charge in [-0.1, -0.05) is 19.1 Å². The van der Waals surface area contributed by atoms with Gasteiger partial charge in [-0.05, 0) is 48.4 Å². The van der Waals surface area contributed by atoms with E-state index in [1.165, 1.54) is 5.56 Å². The summed E-state index contributed by atoms with van der Waals surface area (Å²) in [6.07, 6.45) is 3.12. The summed E-state index contributed by atoms with van der Waals surface area (Å²) in [6, 6.07) is 16.1. The van der Waals surface area contributed by atoms with E-state index < -0.39 is 0 Å². The number of nitrogens with two attached hydrogens (primary N) is 1. The second kappa shape index (κ2) is 7.96. The topological polar surface area (TPSA) is 93.2 Å². The van der Waals surface area contributed by atoms with E-state index in [1.807, 2.05) is 35.9 Å². The third kappa shape index (κ3) is 3.43. The monoisotopic (exact) mass is 427 g/mol. The van der Waals surface area contributed by atoms with Gasteiger partial charge in [0.2, 0.25) is 5.91 Å². The maximum absolute atomic E-state index is 11.9. The molecule has 1 amide bonds. The largest absolute Gasteiger partial charge is 0.383 e. The number of pyridine rings is 2. The van der Waals surface area contributed by atoms with Crippen molar-refractivity contribution >= 4 is 28.7 Å². The molecule has 1 fully saturated rings. The van der Waals surface area contributed by atoms with Crippen LogP contribution in [-0.4, -0.2) is 50.6 Å². The van der Waals surface area contributed by atoms with Crippen LogP contribution in [0.3, 0.4) is 0 Å². The summed E-state index contributed by atoms with van der Waals surface area (Å²) in [4.78, 5) is 29.8. The molecule has 4 heterocycles. The third-order valence-electron chi connectivity index (χ3n) is 5.90. The van der Waals surface area contributed by atoms with Gasteiger partial charge in [0.15, 0.2) is 11.5 Å². The Morgan fingerprint density at radius 2 is 1.88 bits per heavy atom. The van der Waals surface area contributed by atoms with Gasteiger partial charge in [-0.25, -0.2) is 15.0 Å². The van der Waals surface area contributed by atoms with Crippen LogP contribution < -0.4 is 10.6 Å². The summed E-state index contributed by atoms with van der Waals surface area (Å²) < 4.78 is 2.03. The van der Waals surface area contributed by atoms with E-state index in [0.29, 0.717) is 31.3 Å². The molecule has 1 aliphatic rings. The van der Waals surface area contributed by atoms with Crippen LogP contribution in [0.5, 0.6) is 0 Å². The minimum Gasteiger partial charge on any atom is -0.383 e. The minimum absolute atomic E-state index is 0.151. The SMILES string of the molecule is CCc1ccc(-n2c(-c3cccnc3N)nc3ccc(N4CCC(=O)N(C)C4)nc32)cc1. The smallest absolute Gasteiger partial charge is 0.225 e. The Morgan fingerprint density at radius 1 is 1.06 bits per heavy atom. The summed E-state index contributed by atoms with van der Waals surface area (Å²) in [7, 11) is 1.82. The molecular formula is C24H25N7O. The van der Waals surface area contributed by atoms with Gasteiger partial charge in [0.05, 0.1) is 12.2 Å². The number of imidazole rings is 1. The summed E-state index contributed by atoms with van der Waals surface area (Å²) in [6.45, 7) is 3.29. The quantitative estimate of drug-likeness (QED) is 0.537. The standard InChI is InChI=1S/C24H25N7O/c1-3-16-6-8-17(9-7-16)31-23(18-5-4-13-26-22(18)25)27-19-10-11-20(28-24(19)31)30-14-12-21(32)29(2)15-30/h4-11,13H,3,12,14-15H2,1-2H3,(H2,25,26). The normalized spacial score (nSPS) is 14.4. The van der Waals surface area contributed by atoms with Gasteiger partial charge in [0, 0.05) is 31.9 Å². The van der Waals surface area contributed by atoms with Crippen LogP contribution in [-0.2, 0) is 11.2 Å². The van der Waals surface area contributed by atoms with Crippen LogP contribution in [0, 0.1) is 0 Å². The molecule has 162 valence electrons. The zero-order valence-corrected chi connectivity index (χ0v) is 18.2. The molecule has 0 saturated carbocycles. The Kier molecular flexibility index (Phi) is 4.97. The minimum atomic E-state index is 0.151. The number of rotatable bonds is 4. The summed E-state index contributed by atoms with van der Waals surface area (Å²) >= 11 is 0. The first-order valence-corrected chi connectivity index (χ1v) is 10.7. The molecule has 4 aromatic rings. The molecule has 0 spiro atoms. The Balaban J connectivity index is 1.69. The van der Waals surface area contributed by atoms with Crippen molar-refractivity contribution in [2.75, 3.05) is 30.9 Å². The van der Waals surface area contributed by atoms with Crippen molar-refractivity contribution < 1.29 is 4.79 Å². The van der Waals surface area contributed by atoms with Crippen LogP contribution >= 0.6 is 0 Å². The van der Waals surface area contributed by atoms with Crippen molar-refractivity contribution in [2.24, 2.45) is 0 Å². The molecule has 0 radical (unpaired) electrons. The van der Waals surface area contributed by atoms with Crippen molar-refractivity contribution in [2.45, 2.75) is 19.8 Å². The van der Waals surface area contributed by atoms with Crippen molar-refractivity contribution in [3.63, 3.8) is 0 Å². The number of aromatic nitrogens is 4. The van der Waals surface area contributed by atoms with Crippen molar-refractivity contribution in [3.8, 4) is 17.1 Å². The van der Waals surface area contributed by atoms with E-state index in [4.69, 9.17) is 15.7 Å². The maximum Gasteiger partial charge on any atom is 0.225 e. The summed E-state index contributed by atoms with van der Waals surface area (Å²) in [5.41, 5.74) is 10.7. The lowest BCUT2D eigenvalue weighted by molar-refractivity contribution is -0.131. The van der Waals surface area contributed by atoms with Gasteiger partial charge in [0.1, 0.15) is 17.2 Å². The average molecular weight is 428 g/mol. The molecule has 1 aromatic carbocycles. The molecule has 5 rings (SSSR count). The fourth-order valence-corrected chi connectivity index (χ4v) is 4.05. The molecule has 8 nitrogen and oxygen atoms in total. The fourth-order valence-electron chi connectivity index (χ4n) is 4.05. The number of anilines is 2. The molecule has 2 N–H and O–H groups in total. The lowest BCUT2D eigenvalue weighted by atomic mass is 10.1. The molecule has 3 aromatic heterocycles. The second-order valence-electron chi connectivity index (χ2n) is 7.99. The Bertz CT molecular complexity index is 1300. The molecule has 0 unspecified atom stereocenters. The van der Waals surface area contributed by atoms with Crippen molar-refractivity contribution in [3.05, 3.63) is 60.3 Å². The van der Waals surface area contributed by atoms with Crippen molar-refractivity contribution in [1.82, 2.24) is 24.4 Å². The van der Waals surface area contributed by atoms with Crippen LogP contribution in [0.4, 0.5) is 11.6 Å². The highest BCUT2D eigenvalue weighted by molar-refractivity contribution is 5.84. The van der Waals surface area contributed by atoms with Crippen LogP contribution in [0.1, 0.15) is 18.9 Å². The number of carbonyl (C=O) groups is 1. The number of amides is 1. The lowest BCUT2D eigenvalue weighted by Gasteiger charge is -2.33. The zero-order chi connectivity index (χ0) is 22.2.